The number of carbonyl (C=O) groups is 1. The van der Waals surface area contributed by atoms with Crippen LogP contribution in [0.3, 0.4) is 0 Å². The smallest absolute Gasteiger partial charge is 0.433 e. The van der Waals surface area contributed by atoms with Crippen LogP contribution in [0.15, 0.2) is 36.7 Å². The highest BCUT2D eigenvalue weighted by Gasteiger charge is 2.35. The summed E-state index contributed by atoms with van der Waals surface area (Å²) >= 11 is 0. The van der Waals surface area contributed by atoms with Crippen LogP contribution < -0.4 is 4.74 Å². The summed E-state index contributed by atoms with van der Waals surface area (Å²) in [6, 6.07) is 8.29. The van der Waals surface area contributed by atoms with Gasteiger partial charge in [-0.25, -0.2) is 9.97 Å². The Hall–Kier alpha value is -3.10. The zero-order chi connectivity index (χ0) is 22.9. The number of benzene rings is 1. The van der Waals surface area contributed by atoms with Crippen molar-refractivity contribution in [3.8, 4) is 5.75 Å². The standard InChI is InChI=1S/C23H25F3N4O2/c1-3-4-16-9-20(31)29(12-16)13-17-10-19(23(24,25)26)28-22-21(17)27-14-30(22)11-15-5-7-18(32-2)8-6-15/h5-8,10,14,16H,3-4,9,11-13H2,1-2H3. The Bertz CT molecular complexity index is 1110. The second-order valence-corrected chi connectivity index (χ2v) is 8.19. The van der Waals surface area contributed by atoms with Gasteiger partial charge in [0.15, 0.2) is 5.65 Å². The number of carbonyl (C=O) groups excluding carboxylic acids is 1. The van der Waals surface area contributed by atoms with Gasteiger partial charge in [0.1, 0.15) is 17.0 Å². The van der Waals surface area contributed by atoms with Crippen LogP contribution in [-0.2, 0) is 24.1 Å². The molecule has 4 rings (SSSR count). The highest BCUT2D eigenvalue weighted by Crippen LogP contribution is 2.32. The second kappa shape index (κ2) is 8.80. The normalized spacial score (nSPS) is 16.8. The average Bonchev–Trinajstić information content (AvgIpc) is 3.31. The van der Waals surface area contributed by atoms with Crippen molar-refractivity contribution in [2.75, 3.05) is 13.7 Å². The molecule has 1 aliphatic rings. The molecule has 0 saturated carbocycles. The van der Waals surface area contributed by atoms with Crippen molar-refractivity contribution >= 4 is 17.1 Å². The zero-order valence-electron chi connectivity index (χ0n) is 18.0. The monoisotopic (exact) mass is 446 g/mol. The Labute approximate surface area is 184 Å². The van der Waals surface area contributed by atoms with Crippen LogP contribution in [0.4, 0.5) is 13.2 Å². The number of amides is 1. The summed E-state index contributed by atoms with van der Waals surface area (Å²) in [6.45, 7) is 3.03. The molecule has 6 nitrogen and oxygen atoms in total. The molecule has 0 aliphatic carbocycles. The number of hydrogen-bond acceptors (Lipinski definition) is 4. The van der Waals surface area contributed by atoms with E-state index in [-0.39, 0.29) is 24.0 Å². The first-order valence-electron chi connectivity index (χ1n) is 10.6. The largest absolute Gasteiger partial charge is 0.497 e. The molecule has 1 saturated heterocycles. The molecule has 1 unspecified atom stereocenters. The zero-order valence-corrected chi connectivity index (χ0v) is 18.0. The second-order valence-electron chi connectivity index (χ2n) is 8.19. The maximum Gasteiger partial charge on any atom is 0.433 e. The fraction of sp³-hybridized carbons (Fsp3) is 0.435. The molecule has 3 aromatic rings. The van der Waals surface area contributed by atoms with Crippen LogP contribution in [0.1, 0.15) is 43.0 Å². The Morgan fingerprint density at radius 2 is 1.94 bits per heavy atom. The summed E-state index contributed by atoms with van der Waals surface area (Å²) in [5.74, 6) is 0.917. The van der Waals surface area contributed by atoms with Crippen molar-refractivity contribution in [1.29, 1.82) is 0 Å². The summed E-state index contributed by atoms with van der Waals surface area (Å²) in [6.07, 6.45) is -0.757. The molecule has 0 spiro atoms. The number of hydrogen-bond donors (Lipinski definition) is 0. The molecular weight excluding hydrogens is 421 g/mol. The third-order valence-electron chi connectivity index (χ3n) is 5.81. The van der Waals surface area contributed by atoms with Crippen molar-refractivity contribution < 1.29 is 22.7 Å². The van der Waals surface area contributed by atoms with E-state index >= 15 is 0 Å². The van der Waals surface area contributed by atoms with Crippen LogP contribution in [0.5, 0.6) is 5.75 Å². The van der Waals surface area contributed by atoms with E-state index in [1.54, 1.807) is 28.7 Å². The molecule has 0 N–H and O–H groups in total. The minimum absolute atomic E-state index is 0.0281. The Morgan fingerprint density at radius 1 is 1.19 bits per heavy atom. The van der Waals surface area contributed by atoms with E-state index in [9.17, 15) is 18.0 Å². The maximum atomic E-state index is 13.6. The number of methoxy groups -OCH3 is 1. The highest BCUT2D eigenvalue weighted by molar-refractivity contribution is 5.80. The van der Waals surface area contributed by atoms with Crippen LogP contribution in [-0.4, -0.2) is 39.0 Å². The number of rotatable bonds is 7. The molecule has 1 atom stereocenters. The van der Waals surface area contributed by atoms with Crippen molar-refractivity contribution in [2.24, 2.45) is 5.92 Å². The molecule has 9 heteroatoms. The Balaban J connectivity index is 1.68. The lowest BCUT2D eigenvalue weighted by molar-refractivity contribution is -0.141. The van der Waals surface area contributed by atoms with E-state index < -0.39 is 11.9 Å². The van der Waals surface area contributed by atoms with Crippen LogP contribution >= 0.6 is 0 Å². The van der Waals surface area contributed by atoms with Gasteiger partial charge in [0.2, 0.25) is 5.91 Å². The summed E-state index contributed by atoms with van der Waals surface area (Å²) in [5.41, 5.74) is 0.804. The van der Waals surface area contributed by atoms with E-state index in [0.717, 1.165) is 24.5 Å². The van der Waals surface area contributed by atoms with Gasteiger partial charge in [-0.05, 0) is 36.1 Å². The lowest BCUT2D eigenvalue weighted by atomic mass is 10.0. The highest BCUT2D eigenvalue weighted by atomic mass is 19.4. The third kappa shape index (κ3) is 4.56. The Kier molecular flexibility index (Phi) is 6.08. The summed E-state index contributed by atoms with van der Waals surface area (Å²) in [4.78, 5) is 22.3. The number of alkyl halides is 3. The summed E-state index contributed by atoms with van der Waals surface area (Å²) in [7, 11) is 1.57. The first kappa shape index (κ1) is 22.1. The fourth-order valence-electron chi connectivity index (χ4n) is 4.22. The third-order valence-corrected chi connectivity index (χ3v) is 5.81. The van der Waals surface area contributed by atoms with Gasteiger partial charge in [-0.2, -0.15) is 13.2 Å². The molecule has 1 aromatic carbocycles. The number of ether oxygens (including phenoxy) is 1. The Morgan fingerprint density at radius 3 is 2.59 bits per heavy atom. The number of nitrogens with zero attached hydrogens (tertiary/aromatic N) is 4. The molecule has 2 aromatic heterocycles. The number of pyridine rings is 1. The molecule has 3 heterocycles. The summed E-state index contributed by atoms with van der Waals surface area (Å²) < 4.78 is 47.6. The van der Waals surface area contributed by atoms with Crippen molar-refractivity contribution in [3.63, 3.8) is 0 Å². The van der Waals surface area contributed by atoms with Gasteiger partial charge >= 0.3 is 6.18 Å². The minimum atomic E-state index is -4.60. The average molecular weight is 446 g/mol. The van der Waals surface area contributed by atoms with Crippen LogP contribution in [0.25, 0.3) is 11.2 Å². The molecule has 1 amide bonds. The van der Waals surface area contributed by atoms with E-state index in [1.807, 2.05) is 12.1 Å². The lowest BCUT2D eigenvalue weighted by Crippen LogP contribution is -2.25. The molecule has 32 heavy (non-hydrogen) atoms. The van der Waals surface area contributed by atoms with Gasteiger partial charge in [-0.3, -0.25) is 4.79 Å². The maximum absolute atomic E-state index is 13.6. The summed E-state index contributed by atoms with van der Waals surface area (Å²) in [5, 5.41) is 0. The predicted octanol–water partition coefficient (Wildman–Crippen LogP) is 4.66. The number of halogens is 3. The SMILES string of the molecule is CCCC1CC(=O)N(Cc2cc(C(F)(F)F)nc3c2ncn3Cc2ccc(OC)cc2)C1. The van der Waals surface area contributed by atoms with E-state index in [1.165, 1.54) is 6.33 Å². The fourth-order valence-corrected chi connectivity index (χ4v) is 4.22. The molecule has 0 bridgehead atoms. The van der Waals surface area contributed by atoms with E-state index in [0.29, 0.717) is 36.3 Å². The number of aromatic nitrogens is 3. The van der Waals surface area contributed by atoms with E-state index in [2.05, 4.69) is 16.9 Å². The van der Waals surface area contributed by atoms with Crippen molar-refractivity contribution in [1.82, 2.24) is 19.4 Å². The first-order valence-corrected chi connectivity index (χ1v) is 10.6. The molecule has 1 aliphatic heterocycles. The predicted molar refractivity (Wildman–Crippen MR) is 113 cm³/mol. The van der Waals surface area contributed by atoms with Crippen molar-refractivity contribution in [3.05, 3.63) is 53.5 Å². The number of imidazole rings is 1. The van der Waals surface area contributed by atoms with Gasteiger partial charge in [0.05, 0.1) is 20.0 Å². The molecule has 170 valence electrons. The lowest BCUT2D eigenvalue weighted by Gasteiger charge is -2.18. The van der Waals surface area contributed by atoms with Gasteiger partial charge in [0, 0.05) is 25.1 Å². The topological polar surface area (TPSA) is 60.2 Å². The van der Waals surface area contributed by atoms with Crippen molar-refractivity contribution in [2.45, 2.75) is 45.5 Å². The van der Waals surface area contributed by atoms with Crippen LogP contribution in [0, 0.1) is 5.92 Å². The van der Waals surface area contributed by atoms with Gasteiger partial charge in [0.25, 0.3) is 0 Å². The first-order chi connectivity index (χ1) is 15.3. The van der Waals surface area contributed by atoms with Gasteiger partial charge in [-0.15, -0.1) is 0 Å². The molecular formula is C23H25F3N4O2. The number of fused-ring (bicyclic) bond motifs is 1. The minimum Gasteiger partial charge on any atom is -0.497 e. The van der Waals surface area contributed by atoms with E-state index in [4.69, 9.17) is 4.74 Å². The quantitative estimate of drug-likeness (QED) is 0.530. The van der Waals surface area contributed by atoms with Crippen LogP contribution in [0.2, 0.25) is 0 Å². The van der Waals surface area contributed by atoms with Gasteiger partial charge in [-0.1, -0.05) is 25.5 Å². The molecule has 0 radical (unpaired) electrons. The molecule has 1 fully saturated rings. The number of likely N-dealkylation sites (tertiary alicyclic amines) is 1. The van der Waals surface area contributed by atoms with Gasteiger partial charge < -0.3 is 14.2 Å².